The second-order valence-electron chi connectivity index (χ2n) is 10.5. The Morgan fingerprint density at radius 3 is 2.66 bits per heavy atom. The van der Waals surface area contributed by atoms with E-state index in [0.717, 1.165) is 28.9 Å². The van der Waals surface area contributed by atoms with E-state index in [2.05, 4.69) is 84.3 Å². The molecule has 5 atom stereocenters. The third-order valence-electron chi connectivity index (χ3n) is 8.56. The van der Waals surface area contributed by atoms with Crippen molar-refractivity contribution in [1.82, 2.24) is 5.32 Å². The van der Waals surface area contributed by atoms with Gasteiger partial charge in [0.25, 0.3) is 5.91 Å². The predicted molar refractivity (Wildman–Crippen MR) is 146 cm³/mol. The molecular formula is C31H34N2OS. The van der Waals surface area contributed by atoms with Gasteiger partial charge in [0, 0.05) is 29.3 Å². The first-order chi connectivity index (χ1) is 17.2. The van der Waals surface area contributed by atoms with E-state index in [1.165, 1.54) is 47.2 Å². The fourth-order valence-electron chi connectivity index (χ4n) is 6.91. The van der Waals surface area contributed by atoms with Crippen LogP contribution in [0.3, 0.4) is 0 Å². The normalized spacial score (nSPS) is 26.0. The number of carbonyl (C=O) groups is 1. The van der Waals surface area contributed by atoms with Gasteiger partial charge in [-0.15, -0.1) is 0 Å². The zero-order valence-corrected chi connectivity index (χ0v) is 21.2. The van der Waals surface area contributed by atoms with Crippen molar-refractivity contribution in [1.29, 1.82) is 0 Å². The lowest BCUT2D eigenvalue weighted by atomic mass is 9.68. The van der Waals surface area contributed by atoms with E-state index in [9.17, 15) is 4.79 Å². The number of aryl methyl sites for hydroxylation is 1. The lowest BCUT2D eigenvalue weighted by Crippen LogP contribution is -2.35. The molecule has 0 unspecified atom stereocenters. The van der Waals surface area contributed by atoms with E-state index in [1.54, 1.807) is 0 Å². The van der Waals surface area contributed by atoms with Gasteiger partial charge in [0.1, 0.15) is 0 Å². The summed E-state index contributed by atoms with van der Waals surface area (Å²) in [5.74, 6) is 4.69. The van der Waals surface area contributed by atoms with Gasteiger partial charge in [-0.3, -0.25) is 4.79 Å². The van der Waals surface area contributed by atoms with E-state index in [-0.39, 0.29) is 5.91 Å². The summed E-state index contributed by atoms with van der Waals surface area (Å²) in [4.78, 5) is 13.0. The van der Waals surface area contributed by atoms with Gasteiger partial charge in [-0.1, -0.05) is 54.6 Å². The number of benzene rings is 3. The number of rotatable bonds is 7. The molecule has 180 valence electrons. The summed E-state index contributed by atoms with van der Waals surface area (Å²) in [7, 11) is 0. The van der Waals surface area contributed by atoms with Crippen molar-refractivity contribution < 1.29 is 4.79 Å². The van der Waals surface area contributed by atoms with Crippen LogP contribution in [0.25, 0.3) is 0 Å². The van der Waals surface area contributed by atoms with Crippen molar-refractivity contribution in [2.24, 2.45) is 17.8 Å². The molecule has 3 aromatic rings. The van der Waals surface area contributed by atoms with E-state index >= 15 is 0 Å². The first-order valence-electron chi connectivity index (χ1n) is 13.0. The summed E-state index contributed by atoms with van der Waals surface area (Å²) in [6.07, 6.45) is 4.03. The molecule has 0 spiro atoms. The summed E-state index contributed by atoms with van der Waals surface area (Å²) < 4.78 is 0. The molecule has 3 aromatic carbocycles. The quantitative estimate of drug-likeness (QED) is 0.358. The van der Waals surface area contributed by atoms with Gasteiger partial charge >= 0.3 is 0 Å². The van der Waals surface area contributed by atoms with Gasteiger partial charge in [0.2, 0.25) is 0 Å². The minimum absolute atomic E-state index is 0.0502. The monoisotopic (exact) mass is 482 g/mol. The average Bonchev–Trinajstić information content (AvgIpc) is 3.52. The maximum atomic E-state index is 13.0. The van der Waals surface area contributed by atoms with Crippen LogP contribution in [0.2, 0.25) is 0 Å². The van der Waals surface area contributed by atoms with Gasteiger partial charge in [-0.05, 0) is 90.3 Å². The number of anilines is 1. The van der Waals surface area contributed by atoms with Crippen LogP contribution in [-0.2, 0) is 5.75 Å². The largest absolute Gasteiger partial charge is 0.378 e. The van der Waals surface area contributed by atoms with Crippen LogP contribution in [0, 0.1) is 24.7 Å². The summed E-state index contributed by atoms with van der Waals surface area (Å²) in [5, 5.41) is 7.04. The number of hydrogen-bond acceptors (Lipinski definition) is 3. The molecule has 0 saturated heterocycles. The first kappa shape index (κ1) is 22.7. The van der Waals surface area contributed by atoms with Gasteiger partial charge in [0.05, 0.1) is 6.04 Å². The van der Waals surface area contributed by atoms with Crippen LogP contribution < -0.4 is 10.6 Å². The van der Waals surface area contributed by atoms with Crippen LogP contribution in [-0.4, -0.2) is 18.2 Å². The Hall–Kier alpha value is -2.72. The Morgan fingerprint density at radius 1 is 1.00 bits per heavy atom. The van der Waals surface area contributed by atoms with E-state index in [1.807, 2.05) is 17.8 Å². The standard InChI is InChI=1S/C31H34N2OS/c1-20-7-5-6-10-25(20)19-35-16-15-32-31(34)24-13-14-27-26(18-24)28-22-11-12-23(17-22)29(28)30(33-27)21-8-3-2-4-9-21/h2-10,13-14,18,22-23,28-30,33H,11-12,15-17,19H2,1H3,(H,32,34)/t22-,23-,28-,29+,30-/m0/s1. The van der Waals surface area contributed by atoms with Crippen LogP contribution in [0.5, 0.6) is 0 Å². The van der Waals surface area contributed by atoms with Gasteiger partial charge < -0.3 is 10.6 Å². The third-order valence-corrected chi connectivity index (χ3v) is 9.57. The SMILES string of the molecule is Cc1ccccc1CSCCNC(=O)c1ccc2c(c1)[C@@H]1[C@H]3CC[C@@H](C3)[C@H]1[C@H](c1ccccc1)N2. The van der Waals surface area contributed by atoms with E-state index < -0.39 is 0 Å². The lowest BCUT2D eigenvalue weighted by Gasteiger charge is -2.43. The highest BCUT2D eigenvalue weighted by Crippen LogP contribution is 2.63. The molecule has 3 nitrogen and oxygen atoms in total. The van der Waals surface area contributed by atoms with Crippen molar-refractivity contribution >= 4 is 23.4 Å². The highest BCUT2D eigenvalue weighted by molar-refractivity contribution is 7.98. The maximum absolute atomic E-state index is 13.0. The zero-order valence-electron chi connectivity index (χ0n) is 20.4. The Balaban J connectivity index is 1.14. The fourth-order valence-corrected chi connectivity index (χ4v) is 7.85. The Bertz CT molecular complexity index is 1210. The Labute approximate surface area is 213 Å². The van der Waals surface area contributed by atoms with Crippen molar-refractivity contribution in [3.8, 4) is 0 Å². The van der Waals surface area contributed by atoms with Crippen molar-refractivity contribution in [3.05, 3.63) is 101 Å². The number of nitrogens with one attached hydrogen (secondary N) is 2. The van der Waals surface area contributed by atoms with Gasteiger partial charge in [-0.25, -0.2) is 0 Å². The van der Waals surface area contributed by atoms with E-state index in [4.69, 9.17) is 0 Å². The van der Waals surface area contributed by atoms with Gasteiger partial charge in [0.15, 0.2) is 0 Å². The number of amides is 1. The third kappa shape index (κ3) is 4.38. The summed E-state index contributed by atoms with van der Waals surface area (Å²) in [5.41, 5.74) is 7.49. The molecule has 1 heterocycles. The molecule has 2 N–H and O–H groups in total. The zero-order chi connectivity index (χ0) is 23.8. The highest BCUT2D eigenvalue weighted by Gasteiger charge is 2.53. The Morgan fingerprint density at radius 2 is 1.80 bits per heavy atom. The van der Waals surface area contributed by atoms with Crippen molar-refractivity contribution in [2.75, 3.05) is 17.6 Å². The first-order valence-corrected chi connectivity index (χ1v) is 14.2. The molecule has 2 saturated carbocycles. The number of fused-ring (bicyclic) bond motifs is 7. The molecule has 6 rings (SSSR count). The molecule has 0 radical (unpaired) electrons. The molecular weight excluding hydrogens is 448 g/mol. The molecule has 0 aromatic heterocycles. The molecule has 3 aliphatic rings. The van der Waals surface area contributed by atoms with Crippen LogP contribution in [0.4, 0.5) is 5.69 Å². The minimum Gasteiger partial charge on any atom is -0.378 e. The maximum Gasteiger partial charge on any atom is 0.251 e. The second kappa shape index (κ2) is 9.73. The number of carbonyl (C=O) groups excluding carboxylic acids is 1. The topological polar surface area (TPSA) is 41.1 Å². The smallest absolute Gasteiger partial charge is 0.251 e. The highest BCUT2D eigenvalue weighted by atomic mass is 32.2. The predicted octanol–water partition coefficient (Wildman–Crippen LogP) is 6.95. The average molecular weight is 483 g/mol. The van der Waals surface area contributed by atoms with Crippen molar-refractivity contribution in [3.63, 3.8) is 0 Å². The minimum atomic E-state index is 0.0502. The van der Waals surface area contributed by atoms with Crippen LogP contribution in [0.15, 0.2) is 72.8 Å². The molecule has 1 aliphatic heterocycles. The molecule has 1 amide bonds. The molecule has 2 bridgehead atoms. The molecule has 35 heavy (non-hydrogen) atoms. The van der Waals surface area contributed by atoms with Crippen LogP contribution >= 0.6 is 11.8 Å². The summed E-state index contributed by atoms with van der Waals surface area (Å²) >= 11 is 1.87. The number of hydrogen-bond donors (Lipinski definition) is 2. The molecule has 4 heteroatoms. The number of thioether (sulfide) groups is 1. The lowest BCUT2D eigenvalue weighted by molar-refractivity contribution is 0.0956. The summed E-state index contributed by atoms with van der Waals surface area (Å²) in [6.45, 7) is 2.85. The molecule has 2 fully saturated rings. The van der Waals surface area contributed by atoms with Crippen molar-refractivity contribution in [2.45, 2.75) is 43.9 Å². The fraction of sp³-hybridized carbons (Fsp3) is 0.387. The van der Waals surface area contributed by atoms with Gasteiger partial charge in [-0.2, -0.15) is 11.8 Å². The molecule has 2 aliphatic carbocycles. The second-order valence-corrected chi connectivity index (χ2v) is 11.6. The van der Waals surface area contributed by atoms with E-state index in [0.29, 0.717) is 24.4 Å². The Kier molecular flexibility index (Phi) is 6.32. The van der Waals surface area contributed by atoms with Crippen LogP contribution in [0.1, 0.15) is 63.8 Å². The summed E-state index contributed by atoms with van der Waals surface area (Å²) in [6, 6.07) is 26.2.